The lowest BCUT2D eigenvalue weighted by molar-refractivity contribution is 0.0922. The van der Waals surface area contributed by atoms with Gasteiger partial charge < -0.3 is 9.73 Å². The summed E-state index contributed by atoms with van der Waals surface area (Å²) in [5.41, 5.74) is 2.09. The number of thiazole rings is 1. The van der Waals surface area contributed by atoms with Crippen LogP contribution in [0.25, 0.3) is 11.3 Å². The predicted octanol–water partition coefficient (Wildman–Crippen LogP) is 5.27. The molecule has 0 unspecified atom stereocenters. The Morgan fingerprint density at radius 2 is 1.81 bits per heavy atom. The quantitative estimate of drug-likeness (QED) is 0.384. The van der Waals surface area contributed by atoms with Crippen LogP contribution in [0.3, 0.4) is 0 Å². The number of sulfone groups is 1. The Morgan fingerprint density at radius 3 is 2.53 bits per heavy atom. The van der Waals surface area contributed by atoms with Gasteiger partial charge >= 0.3 is 0 Å². The Labute approximate surface area is 194 Å². The first-order valence-corrected chi connectivity index (χ1v) is 12.5. The molecule has 2 heterocycles. The van der Waals surface area contributed by atoms with Crippen LogP contribution in [0.2, 0.25) is 5.02 Å². The molecular weight excluding hydrogens is 468 g/mol. The molecular formula is C23H19ClN2O4S2. The fraction of sp³-hybridized carbons (Fsp3) is 0.130. The molecule has 0 aliphatic rings. The highest BCUT2D eigenvalue weighted by Crippen LogP contribution is 2.28. The molecule has 164 valence electrons. The zero-order valence-corrected chi connectivity index (χ0v) is 19.4. The van der Waals surface area contributed by atoms with Crippen LogP contribution in [-0.4, -0.2) is 19.3 Å². The summed E-state index contributed by atoms with van der Waals surface area (Å²) < 4.78 is 30.6. The smallest absolute Gasteiger partial charge is 0.287 e. The summed E-state index contributed by atoms with van der Waals surface area (Å²) in [6.45, 7) is 2.16. The van der Waals surface area contributed by atoms with Gasteiger partial charge in [0, 0.05) is 21.0 Å². The van der Waals surface area contributed by atoms with Gasteiger partial charge in [-0.2, -0.15) is 0 Å². The highest BCUT2D eigenvalue weighted by molar-refractivity contribution is 7.90. The van der Waals surface area contributed by atoms with Crippen LogP contribution < -0.4 is 5.32 Å². The maximum Gasteiger partial charge on any atom is 0.287 e. The first-order valence-electron chi connectivity index (χ1n) is 9.68. The first-order chi connectivity index (χ1) is 15.3. The van der Waals surface area contributed by atoms with Gasteiger partial charge in [-0.15, -0.1) is 11.3 Å². The Kier molecular flexibility index (Phi) is 6.45. The molecule has 2 aromatic heterocycles. The number of aromatic nitrogens is 1. The minimum atomic E-state index is -3.60. The Bertz CT molecular complexity index is 1340. The van der Waals surface area contributed by atoms with Crippen LogP contribution in [0.4, 0.5) is 0 Å². The summed E-state index contributed by atoms with van der Waals surface area (Å²) in [6.07, 6.45) is 1.32. The molecule has 0 bridgehead atoms. The fourth-order valence-corrected chi connectivity index (χ4v) is 5.60. The SMILES string of the molecule is Cc1sc(CNC(=O)c2occc2CS(=O)(=O)c2ccccc2)nc1-c1ccc(Cl)cc1. The van der Waals surface area contributed by atoms with Crippen molar-refractivity contribution in [1.29, 1.82) is 0 Å². The number of furan rings is 1. The van der Waals surface area contributed by atoms with Crippen molar-refractivity contribution >= 4 is 38.7 Å². The van der Waals surface area contributed by atoms with E-state index >= 15 is 0 Å². The van der Waals surface area contributed by atoms with Crippen LogP contribution in [0.15, 0.2) is 76.2 Å². The van der Waals surface area contributed by atoms with Crippen LogP contribution in [-0.2, 0) is 22.1 Å². The molecule has 0 atom stereocenters. The lowest BCUT2D eigenvalue weighted by atomic mass is 10.1. The fourth-order valence-electron chi connectivity index (χ4n) is 3.20. The van der Waals surface area contributed by atoms with E-state index in [0.29, 0.717) is 10.6 Å². The molecule has 0 fully saturated rings. The molecule has 9 heteroatoms. The maximum atomic E-state index is 12.7. The number of carbonyl (C=O) groups excluding carboxylic acids is 1. The summed E-state index contributed by atoms with van der Waals surface area (Å²) in [4.78, 5) is 18.5. The van der Waals surface area contributed by atoms with Crippen molar-refractivity contribution in [3.63, 3.8) is 0 Å². The van der Waals surface area contributed by atoms with Gasteiger partial charge in [0.2, 0.25) is 0 Å². The van der Waals surface area contributed by atoms with Crippen molar-refractivity contribution < 1.29 is 17.6 Å². The van der Waals surface area contributed by atoms with Crippen molar-refractivity contribution in [2.24, 2.45) is 0 Å². The third-order valence-corrected chi connectivity index (χ3v) is 7.66. The van der Waals surface area contributed by atoms with Gasteiger partial charge in [-0.25, -0.2) is 13.4 Å². The molecule has 4 rings (SSSR count). The molecule has 0 aliphatic carbocycles. The average Bonchev–Trinajstić information content (AvgIpc) is 3.39. The molecule has 0 aliphatic heterocycles. The largest absolute Gasteiger partial charge is 0.459 e. The van der Waals surface area contributed by atoms with Crippen molar-refractivity contribution in [3.8, 4) is 11.3 Å². The normalized spacial score (nSPS) is 11.4. The average molecular weight is 487 g/mol. The number of amides is 1. The van der Waals surface area contributed by atoms with Gasteiger partial charge in [0.25, 0.3) is 5.91 Å². The zero-order chi connectivity index (χ0) is 22.7. The lowest BCUT2D eigenvalue weighted by Crippen LogP contribution is -2.23. The van der Waals surface area contributed by atoms with Crippen LogP contribution in [0, 0.1) is 6.92 Å². The summed E-state index contributed by atoms with van der Waals surface area (Å²) in [5, 5.41) is 4.15. The van der Waals surface area contributed by atoms with E-state index in [-0.39, 0.29) is 23.0 Å². The zero-order valence-electron chi connectivity index (χ0n) is 17.0. The van der Waals surface area contributed by atoms with Gasteiger partial charge in [-0.3, -0.25) is 4.79 Å². The Balaban J connectivity index is 1.46. The second-order valence-electron chi connectivity index (χ2n) is 7.05. The maximum absolute atomic E-state index is 12.7. The van der Waals surface area contributed by atoms with E-state index in [9.17, 15) is 13.2 Å². The highest BCUT2D eigenvalue weighted by atomic mass is 35.5. The van der Waals surface area contributed by atoms with Crippen LogP contribution in [0.1, 0.15) is 26.0 Å². The minimum absolute atomic E-state index is 0.0179. The third kappa shape index (κ3) is 4.93. The van der Waals surface area contributed by atoms with Crippen molar-refractivity contribution in [3.05, 3.63) is 93.2 Å². The van der Waals surface area contributed by atoms with Gasteiger partial charge in [0.05, 0.1) is 29.2 Å². The van der Waals surface area contributed by atoms with Gasteiger partial charge in [-0.1, -0.05) is 41.9 Å². The van der Waals surface area contributed by atoms with E-state index in [0.717, 1.165) is 21.1 Å². The van der Waals surface area contributed by atoms with E-state index in [2.05, 4.69) is 10.3 Å². The van der Waals surface area contributed by atoms with Crippen LogP contribution in [0.5, 0.6) is 0 Å². The predicted molar refractivity (Wildman–Crippen MR) is 125 cm³/mol. The number of carbonyl (C=O) groups is 1. The molecule has 4 aromatic rings. The van der Waals surface area contributed by atoms with Gasteiger partial charge in [-0.05, 0) is 37.3 Å². The Hall–Kier alpha value is -2.94. The van der Waals surface area contributed by atoms with E-state index in [4.69, 9.17) is 16.0 Å². The summed E-state index contributed by atoms with van der Waals surface area (Å²) in [6, 6.07) is 17.0. The topological polar surface area (TPSA) is 89.3 Å². The lowest BCUT2D eigenvalue weighted by Gasteiger charge is -2.06. The number of aryl methyl sites for hydroxylation is 1. The van der Waals surface area contributed by atoms with Gasteiger partial charge in [0.1, 0.15) is 5.01 Å². The van der Waals surface area contributed by atoms with Crippen LogP contribution >= 0.6 is 22.9 Å². The van der Waals surface area contributed by atoms with E-state index < -0.39 is 15.7 Å². The standard InChI is InChI=1S/C23H19ClN2O4S2/c1-15-21(16-7-9-18(24)10-8-16)26-20(31-15)13-25-23(27)22-17(11-12-30-22)14-32(28,29)19-5-3-2-4-6-19/h2-12H,13-14H2,1H3,(H,25,27). The van der Waals surface area contributed by atoms with Gasteiger partial charge in [0.15, 0.2) is 15.6 Å². The molecule has 1 N–H and O–H groups in total. The molecule has 32 heavy (non-hydrogen) atoms. The molecule has 0 saturated heterocycles. The molecule has 0 spiro atoms. The number of hydrogen-bond acceptors (Lipinski definition) is 6. The molecule has 0 saturated carbocycles. The van der Waals surface area contributed by atoms with Crippen molar-refractivity contribution in [1.82, 2.24) is 10.3 Å². The number of benzene rings is 2. The van der Waals surface area contributed by atoms with Crippen molar-refractivity contribution in [2.75, 3.05) is 0 Å². The van der Waals surface area contributed by atoms with E-state index in [1.54, 1.807) is 30.3 Å². The minimum Gasteiger partial charge on any atom is -0.459 e. The van der Waals surface area contributed by atoms with E-state index in [1.165, 1.54) is 35.8 Å². The number of hydrogen-bond donors (Lipinski definition) is 1. The van der Waals surface area contributed by atoms with E-state index in [1.807, 2.05) is 19.1 Å². The monoisotopic (exact) mass is 486 g/mol. The number of halogens is 1. The first kappa shape index (κ1) is 22.3. The summed E-state index contributed by atoms with van der Waals surface area (Å²) in [5.74, 6) is -0.835. The van der Waals surface area contributed by atoms with Crippen molar-refractivity contribution in [2.45, 2.75) is 24.1 Å². The number of nitrogens with one attached hydrogen (secondary N) is 1. The number of nitrogens with zero attached hydrogens (tertiary/aromatic N) is 1. The second kappa shape index (κ2) is 9.28. The number of rotatable bonds is 7. The highest BCUT2D eigenvalue weighted by Gasteiger charge is 2.22. The second-order valence-corrected chi connectivity index (χ2v) is 10.8. The Morgan fingerprint density at radius 1 is 1.09 bits per heavy atom. The molecule has 2 aromatic carbocycles. The molecule has 6 nitrogen and oxygen atoms in total. The summed E-state index contributed by atoms with van der Waals surface area (Å²) in [7, 11) is -3.60. The molecule has 1 amide bonds. The third-order valence-electron chi connectivity index (χ3n) is 4.76. The summed E-state index contributed by atoms with van der Waals surface area (Å²) >= 11 is 7.43. The molecule has 0 radical (unpaired) electrons.